The molecule has 0 aliphatic carbocycles. The summed E-state index contributed by atoms with van der Waals surface area (Å²) < 4.78 is 25.4. The van der Waals surface area contributed by atoms with Gasteiger partial charge in [-0.3, -0.25) is 9.52 Å². The number of carbonyl (C=O) groups is 1. The van der Waals surface area contributed by atoms with Crippen molar-refractivity contribution in [3.63, 3.8) is 0 Å². The number of rotatable bonds is 6. The number of ketones is 1. The van der Waals surface area contributed by atoms with Gasteiger partial charge in [-0.25, -0.2) is 8.42 Å². The van der Waals surface area contributed by atoms with Gasteiger partial charge in [-0.15, -0.1) is 11.6 Å². The van der Waals surface area contributed by atoms with E-state index in [-0.39, 0.29) is 17.4 Å². The summed E-state index contributed by atoms with van der Waals surface area (Å²) in [4.78, 5) is 11.2. The Labute approximate surface area is 106 Å². The molecule has 0 spiro atoms. The van der Waals surface area contributed by atoms with Gasteiger partial charge >= 0.3 is 0 Å². The molecule has 1 rings (SSSR count). The number of hydrogen-bond acceptors (Lipinski definition) is 3. The summed E-state index contributed by atoms with van der Waals surface area (Å²) in [5, 5.41) is 0. The Balaban J connectivity index is 2.79. The molecule has 4 nitrogen and oxygen atoms in total. The van der Waals surface area contributed by atoms with E-state index in [1.807, 2.05) is 0 Å². The fourth-order valence-electron chi connectivity index (χ4n) is 1.30. The van der Waals surface area contributed by atoms with Gasteiger partial charge in [0.2, 0.25) is 10.0 Å². The first-order chi connectivity index (χ1) is 7.98. The summed E-state index contributed by atoms with van der Waals surface area (Å²) in [6.07, 6.45) is 0.554. The SMILES string of the molecule is CCCS(=O)(=O)Nc1ccc(C(=O)CCl)cc1. The van der Waals surface area contributed by atoms with E-state index < -0.39 is 10.0 Å². The number of halogens is 1. The molecule has 94 valence electrons. The fourth-order valence-corrected chi connectivity index (χ4v) is 2.59. The van der Waals surface area contributed by atoms with Crippen LogP contribution in [0.5, 0.6) is 0 Å². The zero-order valence-corrected chi connectivity index (χ0v) is 11.0. The molecule has 0 bridgehead atoms. The van der Waals surface area contributed by atoms with Crippen LogP contribution in [-0.4, -0.2) is 25.8 Å². The fraction of sp³-hybridized carbons (Fsp3) is 0.364. The predicted octanol–water partition coefficient (Wildman–Crippen LogP) is 2.26. The molecule has 17 heavy (non-hydrogen) atoms. The third kappa shape index (κ3) is 4.36. The van der Waals surface area contributed by atoms with Crippen molar-refractivity contribution < 1.29 is 13.2 Å². The first-order valence-corrected chi connectivity index (χ1v) is 7.37. The average molecular weight is 276 g/mol. The standard InChI is InChI=1S/C11H14ClNO3S/c1-2-7-17(15,16)13-10-5-3-9(4-6-10)11(14)8-12/h3-6,13H,2,7-8H2,1H3. The normalized spacial score (nSPS) is 11.2. The molecule has 0 heterocycles. The molecular formula is C11H14ClNO3S. The van der Waals surface area contributed by atoms with Crippen LogP contribution >= 0.6 is 11.6 Å². The van der Waals surface area contributed by atoms with E-state index in [0.29, 0.717) is 17.7 Å². The second-order valence-electron chi connectivity index (χ2n) is 3.56. The van der Waals surface area contributed by atoms with Crippen molar-refractivity contribution in [2.24, 2.45) is 0 Å². The average Bonchev–Trinajstić information content (AvgIpc) is 2.28. The highest BCUT2D eigenvalue weighted by atomic mass is 35.5. The Morgan fingerprint density at radius 3 is 2.35 bits per heavy atom. The largest absolute Gasteiger partial charge is 0.293 e. The van der Waals surface area contributed by atoms with Gasteiger partial charge in [0.25, 0.3) is 0 Å². The van der Waals surface area contributed by atoms with Crippen molar-refractivity contribution in [3.8, 4) is 0 Å². The molecule has 0 saturated carbocycles. The number of sulfonamides is 1. The lowest BCUT2D eigenvalue weighted by atomic mass is 10.1. The van der Waals surface area contributed by atoms with Crippen LogP contribution < -0.4 is 4.72 Å². The Bertz CT molecular complexity index is 482. The maximum absolute atomic E-state index is 11.5. The minimum absolute atomic E-state index is 0.0787. The maximum Gasteiger partial charge on any atom is 0.232 e. The number of alkyl halides is 1. The van der Waals surface area contributed by atoms with E-state index in [1.165, 1.54) is 0 Å². The molecule has 0 radical (unpaired) electrons. The second kappa shape index (κ2) is 6.02. The van der Waals surface area contributed by atoms with E-state index in [9.17, 15) is 13.2 Å². The molecular weight excluding hydrogens is 262 g/mol. The minimum atomic E-state index is -3.28. The molecule has 1 aromatic rings. The summed E-state index contributed by atoms with van der Waals surface area (Å²) in [6.45, 7) is 1.79. The zero-order valence-electron chi connectivity index (χ0n) is 9.44. The van der Waals surface area contributed by atoms with Crippen molar-refractivity contribution in [2.45, 2.75) is 13.3 Å². The van der Waals surface area contributed by atoms with Crippen LogP contribution in [0, 0.1) is 0 Å². The Morgan fingerprint density at radius 1 is 1.29 bits per heavy atom. The first kappa shape index (κ1) is 14.0. The van der Waals surface area contributed by atoms with E-state index in [0.717, 1.165) is 0 Å². The van der Waals surface area contributed by atoms with E-state index >= 15 is 0 Å². The van der Waals surface area contributed by atoms with Crippen LogP contribution in [0.25, 0.3) is 0 Å². The van der Waals surface area contributed by atoms with Crippen molar-refractivity contribution in [2.75, 3.05) is 16.4 Å². The van der Waals surface area contributed by atoms with E-state index in [4.69, 9.17) is 11.6 Å². The van der Waals surface area contributed by atoms with Gasteiger partial charge in [0.1, 0.15) is 0 Å². The molecule has 1 aromatic carbocycles. The number of nitrogens with one attached hydrogen (secondary N) is 1. The summed E-state index contributed by atoms with van der Waals surface area (Å²) in [5.41, 5.74) is 0.919. The van der Waals surface area contributed by atoms with Crippen LogP contribution in [0.3, 0.4) is 0 Å². The predicted molar refractivity (Wildman–Crippen MR) is 69.2 cm³/mol. The zero-order chi connectivity index (χ0) is 12.9. The summed E-state index contributed by atoms with van der Waals surface area (Å²) >= 11 is 5.41. The molecule has 0 aliphatic rings. The van der Waals surface area contributed by atoms with Gasteiger partial charge in [0.15, 0.2) is 5.78 Å². The molecule has 0 unspecified atom stereocenters. The number of benzene rings is 1. The molecule has 0 aromatic heterocycles. The quantitative estimate of drug-likeness (QED) is 0.640. The van der Waals surface area contributed by atoms with Crippen LogP contribution in [0.4, 0.5) is 5.69 Å². The maximum atomic E-state index is 11.5. The van der Waals surface area contributed by atoms with Crippen LogP contribution in [0.2, 0.25) is 0 Å². The lowest BCUT2D eigenvalue weighted by Crippen LogP contribution is -2.16. The summed E-state index contributed by atoms with van der Waals surface area (Å²) in [6, 6.07) is 6.20. The Morgan fingerprint density at radius 2 is 1.88 bits per heavy atom. The number of Topliss-reactive ketones (excluding diaryl/α,β-unsaturated/α-hetero) is 1. The molecule has 6 heteroatoms. The van der Waals surface area contributed by atoms with Crippen molar-refractivity contribution >= 4 is 33.1 Å². The minimum Gasteiger partial charge on any atom is -0.293 e. The lowest BCUT2D eigenvalue weighted by molar-refractivity contribution is 0.102. The van der Waals surface area contributed by atoms with Gasteiger partial charge in [-0.05, 0) is 30.7 Å². The van der Waals surface area contributed by atoms with Gasteiger partial charge in [0.05, 0.1) is 11.6 Å². The number of hydrogen-bond donors (Lipinski definition) is 1. The molecule has 0 atom stereocenters. The second-order valence-corrected chi connectivity index (χ2v) is 5.66. The third-order valence-electron chi connectivity index (χ3n) is 2.07. The molecule has 0 fully saturated rings. The van der Waals surface area contributed by atoms with Crippen LogP contribution in [0.1, 0.15) is 23.7 Å². The Kier molecular flexibility index (Phi) is 4.96. The monoisotopic (exact) mass is 275 g/mol. The topological polar surface area (TPSA) is 63.2 Å². The number of anilines is 1. The van der Waals surface area contributed by atoms with Crippen molar-refractivity contribution in [1.82, 2.24) is 0 Å². The van der Waals surface area contributed by atoms with Gasteiger partial charge in [-0.2, -0.15) is 0 Å². The Hall–Kier alpha value is -1.07. The first-order valence-electron chi connectivity index (χ1n) is 5.18. The summed E-state index contributed by atoms with van der Waals surface area (Å²) in [7, 11) is -3.28. The molecule has 0 amide bonds. The highest BCUT2D eigenvalue weighted by Gasteiger charge is 2.09. The molecule has 0 saturated heterocycles. The van der Waals surface area contributed by atoms with E-state index in [1.54, 1.807) is 31.2 Å². The van der Waals surface area contributed by atoms with Gasteiger partial charge in [-0.1, -0.05) is 6.92 Å². The number of carbonyl (C=O) groups excluding carboxylic acids is 1. The third-order valence-corrected chi connectivity index (χ3v) is 3.81. The van der Waals surface area contributed by atoms with Crippen molar-refractivity contribution in [3.05, 3.63) is 29.8 Å². The van der Waals surface area contributed by atoms with E-state index in [2.05, 4.69) is 4.72 Å². The summed E-state index contributed by atoms with van der Waals surface area (Å²) in [5.74, 6) is -0.189. The van der Waals surface area contributed by atoms with Gasteiger partial charge < -0.3 is 0 Å². The van der Waals surface area contributed by atoms with Crippen LogP contribution in [-0.2, 0) is 10.0 Å². The smallest absolute Gasteiger partial charge is 0.232 e. The molecule has 1 N–H and O–H groups in total. The van der Waals surface area contributed by atoms with Crippen molar-refractivity contribution in [1.29, 1.82) is 0 Å². The highest BCUT2D eigenvalue weighted by molar-refractivity contribution is 7.92. The van der Waals surface area contributed by atoms with Crippen LogP contribution in [0.15, 0.2) is 24.3 Å². The molecule has 0 aliphatic heterocycles. The highest BCUT2D eigenvalue weighted by Crippen LogP contribution is 2.12. The lowest BCUT2D eigenvalue weighted by Gasteiger charge is -2.07. The van der Waals surface area contributed by atoms with Gasteiger partial charge in [0, 0.05) is 11.3 Å².